The molecule has 110 valence electrons. The molecule has 0 radical (unpaired) electrons. The predicted octanol–water partition coefficient (Wildman–Crippen LogP) is 1.82. The van der Waals surface area contributed by atoms with E-state index in [2.05, 4.69) is 22.4 Å². The van der Waals surface area contributed by atoms with Crippen molar-refractivity contribution < 1.29 is 14.7 Å². The third-order valence-electron chi connectivity index (χ3n) is 3.20. The molecule has 7 nitrogen and oxygen atoms in total. The Bertz CT molecular complexity index is 491. The molecule has 2 amide bonds. The Kier molecular flexibility index (Phi) is 4.89. The number of aryl methyl sites for hydroxylation is 1. The number of aromatic nitrogens is 2. The zero-order valence-electron chi connectivity index (χ0n) is 11.3. The van der Waals surface area contributed by atoms with Gasteiger partial charge in [-0.2, -0.15) is 0 Å². The van der Waals surface area contributed by atoms with Gasteiger partial charge in [-0.15, -0.1) is 10.2 Å². The summed E-state index contributed by atoms with van der Waals surface area (Å²) in [7, 11) is 0. The van der Waals surface area contributed by atoms with E-state index in [4.69, 9.17) is 5.11 Å². The Hall–Kier alpha value is -1.70. The molecule has 1 fully saturated rings. The van der Waals surface area contributed by atoms with Gasteiger partial charge in [-0.05, 0) is 19.3 Å². The summed E-state index contributed by atoms with van der Waals surface area (Å²) in [5.74, 6) is -1.32. The Morgan fingerprint density at radius 2 is 2.30 bits per heavy atom. The van der Waals surface area contributed by atoms with Crippen LogP contribution in [0.5, 0.6) is 0 Å². The maximum absolute atomic E-state index is 12.1. The van der Waals surface area contributed by atoms with Gasteiger partial charge in [0.25, 0.3) is 0 Å². The van der Waals surface area contributed by atoms with Crippen molar-refractivity contribution in [2.24, 2.45) is 5.92 Å². The van der Waals surface area contributed by atoms with Crippen LogP contribution in [0.1, 0.15) is 31.2 Å². The lowest BCUT2D eigenvalue weighted by Gasteiger charge is -2.30. The number of anilines is 1. The number of likely N-dealkylation sites (tertiary alicyclic amines) is 1. The highest BCUT2D eigenvalue weighted by molar-refractivity contribution is 7.15. The van der Waals surface area contributed by atoms with Gasteiger partial charge in [0.05, 0.1) is 5.92 Å². The fourth-order valence-electron chi connectivity index (χ4n) is 2.15. The molecule has 1 aromatic rings. The summed E-state index contributed by atoms with van der Waals surface area (Å²) in [5, 5.41) is 21.0. The van der Waals surface area contributed by atoms with E-state index in [0.717, 1.165) is 17.8 Å². The summed E-state index contributed by atoms with van der Waals surface area (Å²) in [4.78, 5) is 24.6. The highest BCUT2D eigenvalue weighted by Crippen LogP contribution is 2.20. The average Bonchev–Trinajstić information content (AvgIpc) is 2.86. The lowest BCUT2D eigenvalue weighted by Crippen LogP contribution is -2.44. The van der Waals surface area contributed by atoms with Crippen molar-refractivity contribution in [3.8, 4) is 0 Å². The molecule has 0 aliphatic carbocycles. The van der Waals surface area contributed by atoms with Gasteiger partial charge in [0.1, 0.15) is 5.01 Å². The summed E-state index contributed by atoms with van der Waals surface area (Å²) < 4.78 is 0. The molecule has 1 aliphatic rings. The molecule has 2 rings (SSSR count). The van der Waals surface area contributed by atoms with Gasteiger partial charge in [-0.1, -0.05) is 18.3 Å². The van der Waals surface area contributed by atoms with E-state index in [-0.39, 0.29) is 12.6 Å². The first-order valence-corrected chi connectivity index (χ1v) is 7.53. The van der Waals surface area contributed by atoms with Gasteiger partial charge in [0.15, 0.2) is 0 Å². The standard InChI is InChI=1S/C12H18N4O3S/c1-2-4-9-14-15-11(20-9)13-12(19)16-6-3-5-8(7-16)10(17)18/h8H,2-7H2,1H3,(H,17,18)(H,13,15,19). The molecule has 20 heavy (non-hydrogen) atoms. The van der Waals surface area contributed by atoms with Crippen LogP contribution in [0.3, 0.4) is 0 Å². The number of aliphatic carboxylic acids is 1. The fourth-order valence-corrected chi connectivity index (χ4v) is 2.98. The third-order valence-corrected chi connectivity index (χ3v) is 4.10. The number of hydrogen-bond acceptors (Lipinski definition) is 5. The van der Waals surface area contributed by atoms with Gasteiger partial charge in [0, 0.05) is 19.5 Å². The van der Waals surface area contributed by atoms with Crippen molar-refractivity contribution in [3.63, 3.8) is 0 Å². The molecule has 0 spiro atoms. The average molecular weight is 298 g/mol. The van der Waals surface area contributed by atoms with Crippen LogP contribution in [0.4, 0.5) is 9.93 Å². The molecule has 8 heteroatoms. The van der Waals surface area contributed by atoms with Gasteiger partial charge in [0.2, 0.25) is 5.13 Å². The smallest absolute Gasteiger partial charge is 0.323 e. The minimum Gasteiger partial charge on any atom is -0.481 e. The molecular formula is C12H18N4O3S. The number of carboxylic acid groups (broad SMARTS) is 1. The van der Waals surface area contributed by atoms with Gasteiger partial charge >= 0.3 is 12.0 Å². The van der Waals surface area contributed by atoms with Crippen LogP contribution >= 0.6 is 11.3 Å². The first-order chi connectivity index (χ1) is 9.60. The number of carbonyl (C=O) groups is 2. The Labute approximate surface area is 121 Å². The van der Waals surface area contributed by atoms with E-state index in [0.29, 0.717) is 24.5 Å². The molecule has 2 heterocycles. The molecular weight excluding hydrogens is 280 g/mol. The van der Waals surface area contributed by atoms with Crippen LogP contribution in [0.15, 0.2) is 0 Å². The van der Waals surface area contributed by atoms with Crippen LogP contribution in [0.2, 0.25) is 0 Å². The van der Waals surface area contributed by atoms with Crippen LogP contribution in [-0.2, 0) is 11.2 Å². The van der Waals surface area contributed by atoms with Crippen LogP contribution in [-0.4, -0.2) is 45.3 Å². The monoisotopic (exact) mass is 298 g/mol. The Balaban J connectivity index is 1.91. The molecule has 1 aliphatic heterocycles. The van der Waals surface area contributed by atoms with Crippen molar-refractivity contribution in [3.05, 3.63) is 5.01 Å². The molecule has 0 aromatic carbocycles. The lowest BCUT2D eigenvalue weighted by molar-refractivity contribution is -0.143. The Morgan fingerprint density at radius 3 is 3.00 bits per heavy atom. The topological polar surface area (TPSA) is 95.4 Å². The summed E-state index contributed by atoms with van der Waals surface area (Å²) in [6.07, 6.45) is 3.16. The number of piperidine rings is 1. The minimum absolute atomic E-state index is 0.252. The first kappa shape index (κ1) is 14.7. The van der Waals surface area contributed by atoms with Crippen LogP contribution in [0, 0.1) is 5.92 Å². The number of urea groups is 1. The molecule has 0 bridgehead atoms. The van der Waals surface area contributed by atoms with E-state index in [9.17, 15) is 9.59 Å². The summed E-state index contributed by atoms with van der Waals surface area (Å²) in [6.45, 7) is 2.89. The summed E-state index contributed by atoms with van der Waals surface area (Å²) in [6, 6.07) is -0.296. The second kappa shape index (κ2) is 6.65. The quantitative estimate of drug-likeness (QED) is 0.884. The molecule has 1 unspecified atom stereocenters. The number of carboxylic acids is 1. The minimum atomic E-state index is -0.844. The maximum Gasteiger partial charge on any atom is 0.323 e. The largest absolute Gasteiger partial charge is 0.481 e. The van der Waals surface area contributed by atoms with E-state index in [1.165, 1.54) is 16.2 Å². The van der Waals surface area contributed by atoms with Crippen molar-refractivity contribution in [1.82, 2.24) is 15.1 Å². The molecule has 1 saturated heterocycles. The van der Waals surface area contributed by atoms with E-state index < -0.39 is 11.9 Å². The maximum atomic E-state index is 12.1. The van der Waals surface area contributed by atoms with Gasteiger partial charge in [-0.25, -0.2) is 4.79 Å². The van der Waals surface area contributed by atoms with Crippen molar-refractivity contribution in [2.75, 3.05) is 18.4 Å². The van der Waals surface area contributed by atoms with Crippen molar-refractivity contribution in [2.45, 2.75) is 32.6 Å². The number of nitrogens with one attached hydrogen (secondary N) is 1. The van der Waals surface area contributed by atoms with Crippen LogP contribution < -0.4 is 5.32 Å². The zero-order valence-corrected chi connectivity index (χ0v) is 12.2. The predicted molar refractivity (Wildman–Crippen MR) is 74.9 cm³/mol. The number of rotatable bonds is 4. The molecule has 1 aromatic heterocycles. The second-order valence-electron chi connectivity index (χ2n) is 4.80. The van der Waals surface area contributed by atoms with Crippen LogP contribution in [0.25, 0.3) is 0 Å². The van der Waals surface area contributed by atoms with E-state index >= 15 is 0 Å². The SMILES string of the molecule is CCCc1nnc(NC(=O)N2CCCC(C(=O)O)C2)s1. The van der Waals surface area contributed by atoms with Gasteiger partial charge < -0.3 is 10.0 Å². The molecule has 1 atom stereocenters. The van der Waals surface area contributed by atoms with Gasteiger partial charge in [-0.3, -0.25) is 10.1 Å². The highest BCUT2D eigenvalue weighted by Gasteiger charge is 2.28. The second-order valence-corrected chi connectivity index (χ2v) is 5.87. The van der Waals surface area contributed by atoms with Crippen molar-refractivity contribution >= 4 is 28.5 Å². The number of hydrogen-bond donors (Lipinski definition) is 2. The fraction of sp³-hybridized carbons (Fsp3) is 0.667. The number of carbonyl (C=O) groups excluding carboxylic acids is 1. The number of amides is 2. The summed E-state index contributed by atoms with van der Waals surface area (Å²) in [5.41, 5.74) is 0. The molecule has 2 N–H and O–H groups in total. The lowest BCUT2D eigenvalue weighted by atomic mass is 9.99. The first-order valence-electron chi connectivity index (χ1n) is 6.71. The Morgan fingerprint density at radius 1 is 1.50 bits per heavy atom. The number of nitrogens with zero attached hydrogens (tertiary/aromatic N) is 3. The van der Waals surface area contributed by atoms with Crippen molar-refractivity contribution in [1.29, 1.82) is 0 Å². The summed E-state index contributed by atoms with van der Waals surface area (Å²) >= 11 is 1.36. The normalized spacial score (nSPS) is 18.9. The third kappa shape index (κ3) is 3.66. The van der Waals surface area contributed by atoms with E-state index in [1.54, 1.807) is 0 Å². The zero-order chi connectivity index (χ0) is 14.5. The molecule has 0 saturated carbocycles. The van der Waals surface area contributed by atoms with E-state index in [1.807, 2.05) is 0 Å². The highest BCUT2D eigenvalue weighted by atomic mass is 32.1.